The van der Waals surface area contributed by atoms with Gasteiger partial charge in [0.1, 0.15) is 11.8 Å². The van der Waals surface area contributed by atoms with Crippen LogP contribution in [0.4, 0.5) is 0 Å². The molecule has 17 heavy (non-hydrogen) atoms. The summed E-state index contributed by atoms with van der Waals surface area (Å²) in [6, 6.07) is 8.99. The minimum absolute atomic E-state index is 0.116. The van der Waals surface area contributed by atoms with E-state index >= 15 is 0 Å². The molecule has 1 aromatic carbocycles. The zero-order valence-electron chi connectivity index (χ0n) is 8.87. The third-order valence-corrected chi connectivity index (χ3v) is 2.07. The van der Waals surface area contributed by atoms with E-state index in [1.165, 1.54) is 12.4 Å². The van der Waals surface area contributed by atoms with E-state index in [2.05, 4.69) is 9.97 Å². The number of aliphatic hydroxyl groups is 1. The maximum Gasteiger partial charge on any atom is 0.321 e. The summed E-state index contributed by atoms with van der Waals surface area (Å²) < 4.78 is 5.37. The summed E-state index contributed by atoms with van der Waals surface area (Å²) in [6.07, 6.45) is 2.94. The number of aromatic nitrogens is 2. The van der Waals surface area contributed by atoms with E-state index in [0.717, 1.165) is 0 Å². The SMILES string of the molecule is N#Cc1ccccc1Oc1ncc(CO)cn1. The first kappa shape index (κ1) is 11.0. The highest BCUT2D eigenvalue weighted by atomic mass is 16.5. The van der Waals surface area contributed by atoms with Crippen LogP contribution in [-0.4, -0.2) is 15.1 Å². The lowest BCUT2D eigenvalue weighted by molar-refractivity contribution is 0.280. The third-order valence-electron chi connectivity index (χ3n) is 2.07. The van der Waals surface area contributed by atoms with Gasteiger partial charge in [0, 0.05) is 18.0 Å². The van der Waals surface area contributed by atoms with Gasteiger partial charge in [-0.15, -0.1) is 0 Å². The number of nitrogens with zero attached hydrogens (tertiary/aromatic N) is 3. The minimum Gasteiger partial charge on any atom is -0.423 e. The quantitative estimate of drug-likeness (QED) is 0.862. The van der Waals surface area contributed by atoms with Crippen molar-refractivity contribution in [2.24, 2.45) is 0 Å². The third kappa shape index (κ3) is 2.56. The number of aliphatic hydroxyl groups excluding tert-OH is 1. The van der Waals surface area contributed by atoms with Crippen LogP contribution in [0.5, 0.6) is 11.8 Å². The van der Waals surface area contributed by atoms with Crippen molar-refractivity contribution in [2.45, 2.75) is 6.61 Å². The van der Waals surface area contributed by atoms with Crippen LogP contribution >= 0.6 is 0 Å². The second-order valence-electron chi connectivity index (χ2n) is 3.24. The van der Waals surface area contributed by atoms with Crippen LogP contribution in [0.3, 0.4) is 0 Å². The van der Waals surface area contributed by atoms with Crippen molar-refractivity contribution in [3.05, 3.63) is 47.8 Å². The summed E-state index contributed by atoms with van der Waals surface area (Å²) in [7, 11) is 0. The first-order chi connectivity index (χ1) is 8.33. The Kier molecular flexibility index (Phi) is 3.28. The standard InChI is InChI=1S/C12H9N3O2/c13-5-10-3-1-2-4-11(10)17-12-14-6-9(8-16)7-15-12/h1-4,6-7,16H,8H2. The Morgan fingerprint density at radius 3 is 2.59 bits per heavy atom. The molecule has 0 atom stereocenters. The molecule has 5 heteroatoms. The summed E-state index contributed by atoms with van der Waals surface area (Å²) in [5, 5.41) is 17.7. The number of para-hydroxylation sites is 1. The maximum atomic E-state index is 8.87. The lowest BCUT2D eigenvalue weighted by Gasteiger charge is -2.04. The van der Waals surface area contributed by atoms with Crippen molar-refractivity contribution in [3.63, 3.8) is 0 Å². The molecular formula is C12H9N3O2. The number of hydrogen-bond acceptors (Lipinski definition) is 5. The lowest BCUT2D eigenvalue weighted by Crippen LogP contribution is -1.95. The van der Waals surface area contributed by atoms with Gasteiger partial charge in [0.25, 0.3) is 0 Å². The number of ether oxygens (including phenoxy) is 1. The zero-order valence-corrected chi connectivity index (χ0v) is 8.87. The topological polar surface area (TPSA) is 79.0 Å². The summed E-state index contributed by atoms with van der Waals surface area (Å²) in [4.78, 5) is 7.83. The zero-order chi connectivity index (χ0) is 12.1. The number of hydrogen-bond donors (Lipinski definition) is 1. The molecule has 5 nitrogen and oxygen atoms in total. The minimum atomic E-state index is -0.116. The molecule has 0 amide bonds. The lowest BCUT2D eigenvalue weighted by atomic mass is 10.2. The van der Waals surface area contributed by atoms with E-state index < -0.39 is 0 Å². The van der Waals surface area contributed by atoms with Gasteiger partial charge in [-0.1, -0.05) is 12.1 Å². The van der Waals surface area contributed by atoms with Crippen LogP contribution in [0.1, 0.15) is 11.1 Å². The number of nitriles is 1. The van der Waals surface area contributed by atoms with Gasteiger partial charge in [-0.2, -0.15) is 5.26 Å². The Balaban J connectivity index is 2.23. The number of rotatable bonds is 3. The Hall–Kier alpha value is -2.45. The largest absolute Gasteiger partial charge is 0.423 e. The molecule has 0 fully saturated rings. The first-order valence-electron chi connectivity index (χ1n) is 4.92. The van der Waals surface area contributed by atoms with Crippen LogP contribution < -0.4 is 4.74 Å². The van der Waals surface area contributed by atoms with Crippen LogP contribution in [-0.2, 0) is 6.61 Å². The average molecular weight is 227 g/mol. The first-order valence-corrected chi connectivity index (χ1v) is 4.92. The molecule has 0 saturated heterocycles. The van der Waals surface area contributed by atoms with Crippen LogP contribution in [0, 0.1) is 11.3 Å². The highest BCUT2D eigenvalue weighted by molar-refractivity contribution is 5.43. The Labute approximate surface area is 98.0 Å². The van der Waals surface area contributed by atoms with Crippen LogP contribution in [0.15, 0.2) is 36.7 Å². The van der Waals surface area contributed by atoms with Gasteiger partial charge in [0.15, 0.2) is 0 Å². The molecule has 0 aliphatic rings. The van der Waals surface area contributed by atoms with Gasteiger partial charge >= 0.3 is 6.01 Å². The normalized spacial score (nSPS) is 9.65. The highest BCUT2D eigenvalue weighted by Gasteiger charge is 2.05. The van der Waals surface area contributed by atoms with Gasteiger partial charge in [-0.05, 0) is 12.1 Å². The molecule has 0 saturated carbocycles. The molecule has 2 rings (SSSR count). The van der Waals surface area contributed by atoms with E-state index in [1.54, 1.807) is 24.3 Å². The molecule has 84 valence electrons. The molecule has 1 aromatic heterocycles. The van der Waals surface area contributed by atoms with Crippen LogP contribution in [0.2, 0.25) is 0 Å². The molecule has 0 bridgehead atoms. The van der Waals surface area contributed by atoms with Gasteiger partial charge in [-0.3, -0.25) is 0 Å². The second-order valence-corrected chi connectivity index (χ2v) is 3.24. The van der Waals surface area contributed by atoms with Gasteiger partial charge < -0.3 is 9.84 Å². The van der Waals surface area contributed by atoms with Crippen LogP contribution in [0.25, 0.3) is 0 Å². The fourth-order valence-electron chi connectivity index (χ4n) is 1.22. The van der Waals surface area contributed by atoms with Crippen molar-refractivity contribution in [2.75, 3.05) is 0 Å². The molecule has 0 aliphatic carbocycles. The van der Waals surface area contributed by atoms with E-state index in [1.807, 2.05) is 6.07 Å². The summed E-state index contributed by atoms with van der Waals surface area (Å²) in [5.74, 6) is 0.409. The molecule has 2 aromatic rings. The molecule has 0 unspecified atom stereocenters. The Morgan fingerprint density at radius 2 is 1.94 bits per heavy atom. The Bertz CT molecular complexity index is 546. The fraction of sp³-hybridized carbons (Fsp3) is 0.0833. The van der Waals surface area contributed by atoms with Crippen molar-refractivity contribution in [1.82, 2.24) is 9.97 Å². The summed E-state index contributed by atoms with van der Waals surface area (Å²) in [5.41, 5.74) is 1.02. The predicted molar refractivity (Wildman–Crippen MR) is 59.2 cm³/mol. The van der Waals surface area contributed by atoms with E-state index in [9.17, 15) is 0 Å². The van der Waals surface area contributed by atoms with Crippen molar-refractivity contribution in [3.8, 4) is 17.8 Å². The van der Waals surface area contributed by atoms with Gasteiger partial charge in [0.05, 0.1) is 12.2 Å². The van der Waals surface area contributed by atoms with Crippen molar-refractivity contribution >= 4 is 0 Å². The maximum absolute atomic E-state index is 8.87. The molecule has 0 spiro atoms. The average Bonchev–Trinajstić information content (AvgIpc) is 2.40. The number of benzene rings is 1. The smallest absolute Gasteiger partial charge is 0.321 e. The Morgan fingerprint density at radius 1 is 1.24 bits per heavy atom. The molecule has 0 aliphatic heterocycles. The highest BCUT2D eigenvalue weighted by Crippen LogP contribution is 2.21. The van der Waals surface area contributed by atoms with Gasteiger partial charge in [0.2, 0.25) is 0 Å². The van der Waals surface area contributed by atoms with Gasteiger partial charge in [-0.25, -0.2) is 9.97 Å². The summed E-state index contributed by atoms with van der Waals surface area (Å²) >= 11 is 0. The van der Waals surface area contributed by atoms with E-state index in [-0.39, 0.29) is 12.6 Å². The van der Waals surface area contributed by atoms with Crippen molar-refractivity contribution < 1.29 is 9.84 Å². The monoisotopic (exact) mass is 227 g/mol. The molecule has 1 N–H and O–H groups in total. The van der Waals surface area contributed by atoms with E-state index in [4.69, 9.17) is 15.1 Å². The predicted octanol–water partition coefficient (Wildman–Crippen LogP) is 1.63. The molecular weight excluding hydrogens is 218 g/mol. The van der Waals surface area contributed by atoms with Crippen molar-refractivity contribution in [1.29, 1.82) is 5.26 Å². The summed E-state index contributed by atoms with van der Waals surface area (Å²) in [6.45, 7) is -0.116. The fourth-order valence-corrected chi connectivity index (χ4v) is 1.22. The molecule has 0 radical (unpaired) electrons. The second kappa shape index (κ2) is 5.05. The van der Waals surface area contributed by atoms with E-state index in [0.29, 0.717) is 16.9 Å². The molecule has 1 heterocycles.